The fourth-order valence-electron chi connectivity index (χ4n) is 3.80. The number of fused-ring (bicyclic) bond motifs is 1. The number of benzene rings is 1. The molecular formula is C24H28N6O2. The van der Waals surface area contributed by atoms with Crippen LogP contribution < -0.4 is 4.74 Å². The van der Waals surface area contributed by atoms with Crippen molar-refractivity contribution in [2.45, 2.75) is 33.4 Å². The van der Waals surface area contributed by atoms with Crippen molar-refractivity contribution in [3.63, 3.8) is 0 Å². The molecule has 166 valence electrons. The topological polar surface area (TPSA) is 78.1 Å². The number of carbonyl (C=O) groups is 1. The van der Waals surface area contributed by atoms with Crippen LogP contribution in [-0.2, 0) is 20.1 Å². The Morgan fingerprint density at radius 2 is 2.03 bits per heavy atom. The van der Waals surface area contributed by atoms with Gasteiger partial charge in [-0.2, -0.15) is 5.10 Å². The minimum Gasteiger partial charge on any atom is -0.494 e. The average Bonchev–Trinajstić information content (AvgIpc) is 3.41. The number of hydrogen-bond acceptors (Lipinski definition) is 5. The molecule has 3 aromatic heterocycles. The second-order valence-corrected chi connectivity index (χ2v) is 7.76. The Morgan fingerprint density at radius 1 is 1.22 bits per heavy atom. The van der Waals surface area contributed by atoms with Crippen LogP contribution >= 0.6 is 0 Å². The van der Waals surface area contributed by atoms with E-state index in [2.05, 4.69) is 15.1 Å². The maximum atomic E-state index is 13.5. The van der Waals surface area contributed by atoms with Gasteiger partial charge in [-0.15, -0.1) is 0 Å². The first kappa shape index (κ1) is 21.5. The predicted molar refractivity (Wildman–Crippen MR) is 122 cm³/mol. The zero-order valence-electron chi connectivity index (χ0n) is 18.7. The highest BCUT2D eigenvalue weighted by atomic mass is 16.5. The number of imidazole rings is 1. The molecule has 0 atom stereocenters. The van der Waals surface area contributed by atoms with E-state index in [0.717, 1.165) is 41.0 Å². The third-order valence-corrected chi connectivity index (χ3v) is 5.41. The molecule has 0 aliphatic rings. The van der Waals surface area contributed by atoms with Gasteiger partial charge < -0.3 is 14.2 Å². The Hall–Kier alpha value is -3.68. The predicted octanol–water partition coefficient (Wildman–Crippen LogP) is 3.60. The maximum absolute atomic E-state index is 13.5. The maximum Gasteiger partial charge on any atom is 0.255 e. The van der Waals surface area contributed by atoms with Crippen molar-refractivity contribution < 1.29 is 9.53 Å². The number of rotatable bonds is 9. The molecular weight excluding hydrogens is 404 g/mol. The molecule has 8 nitrogen and oxygen atoms in total. The van der Waals surface area contributed by atoms with Crippen LogP contribution in [0.5, 0.6) is 5.75 Å². The Bertz CT molecular complexity index is 1180. The molecule has 0 aliphatic heterocycles. The third kappa shape index (κ3) is 4.80. The van der Waals surface area contributed by atoms with Crippen molar-refractivity contribution in [1.29, 1.82) is 0 Å². The standard InChI is InChI=1S/C24H28N6O2/c1-4-32-21-8-6-19(7-9-21)16-30(12-5-11-29-13-10-25-17-29)24(31)20-14-22-18(2)27-28(3)23(22)26-15-20/h6-10,13-15,17H,4-5,11-12,16H2,1-3H3. The summed E-state index contributed by atoms with van der Waals surface area (Å²) < 4.78 is 9.30. The lowest BCUT2D eigenvalue weighted by molar-refractivity contribution is 0.0739. The third-order valence-electron chi connectivity index (χ3n) is 5.41. The summed E-state index contributed by atoms with van der Waals surface area (Å²) >= 11 is 0. The SMILES string of the molecule is CCOc1ccc(CN(CCCn2ccnc2)C(=O)c2cnc3c(c2)c(C)nn3C)cc1. The van der Waals surface area contributed by atoms with Crippen LogP contribution in [0.3, 0.4) is 0 Å². The lowest BCUT2D eigenvalue weighted by Crippen LogP contribution is -2.32. The summed E-state index contributed by atoms with van der Waals surface area (Å²) in [5.74, 6) is 0.790. The highest BCUT2D eigenvalue weighted by Gasteiger charge is 2.19. The second kappa shape index (κ2) is 9.64. The Labute approximate surface area is 187 Å². The fourth-order valence-corrected chi connectivity index (χ4v) is 3.80. The molecule has 3 heterocycles. The fraction of sp³-hybridized carbons (Fsp3) is 0.333. The number of aromatic nitrogens is 5. The van der Waals surface area contributed by atoms with E-state index in [1.54, 1.807) is 23.4 Å². The van der Waals surface area contributed by atoms with Crippen molar-refractivity contribution >= 4 is 16.9 Å². The highest BCUT2D eigenvalue weighted by Crippen LogP contribution is 2.19. The monoisotopic (exact) mass is 432 g/mol. The van der Waals surface area contributed by atoms with E-state index in [1.807, 2.05) is 66.9 Å². The lowest BCUT2D eigenvalue weighted by Gasteiger charge is -2.23. The zero-order valence-corrected chi connectivity index (χ0v) is 18.7. The largest absolute Gasteiger partial charge is 0.494 e. The molecule has 32 heavy (non-hydrogen) atoms. The van der Waals surface area contributed by atoms with E-state index in [1.165, 1.54) is 0 Å². The highest BCUT2D eigenvalue weighted by molar-refractivity contribution is 5.97. The molecule has 1 aromatic carbocycles. The van der Waals surface area contributed by atoms with Gasteiger partial charge in [0.25, 0.3) is 5.91 Å². The van der Waals surface area contributed by atoms with Crippen LogP contribution in [0.2, 0.25) is 0 Å². The van der Waals surface area contributed by atoms with Gasteiger partial charge in [-0.25, -0.2) is 9.97 Å². The minimum atomic E-state index is -0.0397. The minimum absolute atomic E-state index is 0.0397. The summed E-state index contributed by atoms with van der Waals surface area (Å²) in [6, 6.07) is 9.80. The number of aryl methyl sites for hydroxylation is 3. The molecule has 0 saturated carbocycles. The summed E-state index contributed by atoms with van der Waals surface area (Å²) in [6.07, 6.45) is 7.96. The van der Waals surface area contributed by atoms with Crippen molar-refractivity contribution in [3.05, 3.63) is 72.1 Å². The first-order valence-corrected chi connectivity index (χ1v) is 10.8. The molecule has 0 radical (unpaired) electrons. The van der Waals surface area contributed by atoms with Crippen LogP contribution in [0, 0.1) is 6.92 Å². The van der Waals surface area contributed by atoms with Gasteiger partial charge in [-0.3, -0.25) is 9.48 Å². The van der Waals surface area contributed by atoms with Gasteiger partial charge in [-0.05, 0) is 44.0 Å². The summed E-state index contributed by atoms with van der Waals surface area (Å²) in [5, 5.41) is 5.31. The van der Waals surface area contributed by atoms with Crippen LogP contribution in [-0.4, -0.2) is 48.3 Å². The van der Waals surface area contributed by atoms with Crippen LogP contribution in [0.4, 0.5) is 0 Å². The number of ether oxygens (including phenoxy) is 1. The van der Waals surface area contributed by atoms with E-state index in [9.17, 15) is 4.79 Å². The van der Waals surface area contributed by atoms with Crippen LogP contribution in [0.15, 0.2) is 55.2 Å². The molecule has 4 aromatic rings. The van der Waals surface area contributed by atoms with Gasteiger partial charge in [0, 0.05) is 50.7 Å². The molecule has 0 fully saturated rings. The Morgan fingerprint density at radius 3 is 2.75 bits per heavy atom. The van der Waals surface area contributed by atoms with E-state index in [-0.39, 0.29) is 5.91 Å². The van der Waals surface area contributed by atoms with Crippen molar-refractivity contribution in [2.24, 2.45) is 7.05 Å². The van der Waals surface area contributed by atoms with E-state index < -0.39 is 0 Å². The van der Waals surface area contributed by atoms with Crippen molar-refractivity contribution in [3.8, 4) is 5.75 Å². The molecule has 0 bridgehead atoms. The summed E-state index contributed by atoms with van der Waals surface area (Å²) in [6.45, 7) is 6.45. The Balaban J connectivity index is 1.55. The Kier molecular flexibility index (Phi) is 6.49. The second-order valence-electron chi connectivity index (χ2n) is 7.76. The van der Waals surface area contributed by atoms with E-state index >= 15 is 0 Å². The average molecular weight is 433 g/mol. The number of carbonyl (C=O) groups excluding carboxylic acids is 1. The normalized spacial score (nSPS) is 11.1. The zero-order chi connectivity index (χ0) is 22.5. The molecule has 0 spiro atoms. The molecule has 0 saturated heterocycles. The van der Waals surface area contributed by atoms with Crippen LogP contribution in [0.1, 0.15) is 35.0 Å². The molecule has 0 unspecified atom stereocenters. The lowest BCUT2D eigenvalue weighted by atomic mass is 10.1. The van der Waals surface area contributed by atoms with E-state index in [4.69, 9.17) is 4.74 Å². The smallest absolute Gasteiger partial charge is 0.255 e. The number of hydrogen-bond donors (Lipinski definition) is 0. The summed E-state index contributed by atoms with van der Waals surface area (Å²) in [7, 11) is 1.86. The number of pyridine rings is 1. The molecule has 0 N–H and O–H groups in total. The van der Waals surface area contributed by atoms with Gasteiger partial charge >= 0.3 is 0 Å². The first-order chi connectivity index (χ1) is 15.5. The van der Waals surface area contributed by atoms with Crippen molar-refractivity contribution in [1.82, 2.24) is 29.2 Å². The quantitative estimate of drug-likeness (QED) is 0.404. The summed E-state index contributed by atoms with van der Waals surface area (Å²) in [4.78, 5) is 23.9. The van der Waals surface area contributed by atoms with Gasteiger partial charge in [0.2, 0.25) is 0 Å². The van der Waals surface area contributed by atoms with Gasteiger partial charge in [0.1, 0.15) is 5.75 Å². The molecule has 4 rings (SSSR count). The summed E-state index contributed by atoms with van der Waals surface area (Å²) in [5.41, 5.74) is 3.26. The van der Waals surface area contributed by atoms with Gasteiger partial charge in [0.15, 0.2) is 5.65 Å². The van der Waals surface area contributed by atoms with Crippen LogP contribution in [0.25, 0.3) is 11.0 Å². The van der Waals surface area contributed by atoms with Gasteiger partial charge in [-0.1, -0.05) is 12.1 Å². The molecule has 0 aliphatic carbocycles. The molecule has 1 amide bonds. The number of amides is 1. The number of nitrogens with zero attached hydrogens (tertiary/aromatic N) is 6. The molecule has 8 heteroatoms. The van der Waals surface area contributed by atoms with E-state index in [0.29, 0.717) is 25.3 Å². The first-order valence-electron chi connectivity index (χ1n) is 10.8. The van der Waals surface area contributed by atoms with Crippen molar-refractivity contribution in [2.75, 3.05) is 13.2 Å². The van der Waals surface area contributed by atoms with Gasteiger partial charge in [0.05, 0.1) is 24.2 Å².